The number of carbonyl (C=O) groups is 2. The predicted octanol–water partition coefficient (Wildman–Crippen LogP) is 2.20. The van der Waals surface area contributed by atoms with Gasteiger partial charge in [-0.3, -0.25) is 9.59 Å². The van der Waals surface area contributed by atoms with Crippen LogP contribution in [0.5, 0.6) is 0 Å². The smallest absolute Gasteiger partial charge is 0.242 e. The van der Waals surface area contributed by atoms with Gasteiger partial charge in [-0.1, -0.05) is 43.7 Å². The Balaban J connectivity index is 1.76. The second-order valence-electron chi connectivity index (χ2n) is 6.29. The number of hydrogen-bond acceptors (Lipinski definition) is 3. The molecule has 0 spiro atoms. The first-order chi connectivity index (χ1) is 11.7. The molecular weight excluding hydrogens is 304 g/mol. The molecule has 0 saturated carbocycles. The van der Waals surface area contributed by atoms with Gasteiger partial charge in [0.1, 0.15) is 6.04 Å². The third-order valence-corrected chi connectivity index (χ3v) is 4.23. The summed E-state index contributed by atoms with van der Waals surface area (Å²) in [5.41, 5.74) is 0.948. The van der Waals surface area contributed by atoms with Crippen molar-refractivity contribution in [2.24, 2.45) is 0 Å². The molecular formula is C19H28N2O3. The van der Waals surface area contributed by atoms with Gasteiger partial charge in [0.15, 0.2) is 0 Å². The van der Waals surface area contributed by atoms with Crippen molar-refractivity contribution in [1.29, 1.82) is 0 Å². The topological polar surface area (TPSA) is 67.4 Å². The zero-order valence-electron chi connectivity index (χ0n) is 14.4. The van der Waals surface area contributed by atoms with Gasteiger partial charge < -0.3 is 15.4 Å². The number of nitrogens with one attached hydrogen (secondary N) is 2. The van der Waals surface area contributed by atoms with E-state index in [9.17, 15) is 9.59 Å². The maximum Gasteiger partial charge on any atom is 0.242 e. The quantitative estimate of drug-likeness (QED) is 0.728. The maximum atomic E-state index is 12.3. The fraction of sp³-hybridized carbons (Fsp3) is 0.579. The van der Waals surface area contributed by atoms with E-state index in [1.165, 1.54) is 0 Å². The van der Waals surface area contributed by atoms with E-state index in [1.807, 2.05) is 37.3 Å². The Morgan fingerprint density at radius 3 is 2.75 bits per heavy atom. The largest absolute Gasteiger partial charge is 0.378 e. The molecule has 1 aliphatic rings. The van der Waals surface area contributed by atoms with Gasteiger partial charge >= 0.3 is 0 Å². The molecule has 132 valence electrons. The maximum absolute atomic E-state index is 12.3. The van der Waals surface area contributed by atoms with Crippen LogP contribution in [0.3, 0.4) is 0 Å². The van der Waals surface area contributed by atoms with Crippen molar-refractivity contribution in [3.05, 3.63) is 35.9 Å². The second-order valence-corrected chi connectivity index (χ2v) is 6.29. The Bertz CT molecular complexity index is 513. The highest BCUT2D eigenvalue weighted by molar-refractivity contribution is 5.88. The molecule has 24 heavy (non-hydrogen) atoms. The van der Waals surface area contributed by atoms with Crippen LogP contribution >= 0.6 is 0 Å². The van der Waals surface area contributed by atoms with Crippen molar-refractivity contribution in [2.45, 2.75) is 57.6 Å². The van der Waals surface area contributed by atoms with E-state index in [4.69, 9.17) is 4.74 Å². The highest BCUT2D eigenvalue weighted by atomic mass is 16.5. The average molecular weight is 332 g/mol. The summed E-state index contributed by atoms with van der Waals surface area (Å²) >= 11 is 0. The van der Waals surface area contributed by atoms with E-state index in [0.717, 1.165) is 37.9 Å². The lowest BCUT2D eigenvalue weighted by Gasteiger charge is -2.18. The van der Waals surface area contributed by atoms with Crippen LogP contribution in [0.1, 0.15) is 44.6 Å². The molecule has 1 aromatic carbocycles. The van der Waals surface area contributed by atoms with Crippen LogP contribution in [0.25, 0.3) is 0 Å². The summed E-state index contributed by atoms with van der Waals surface area (Å²) in [5.74, 6) is -0.217. The third-order valence-electron chi connectivity index (χ3n) is 4.23. The van der Waals surface area contributed by atoms with Crippen LogP contribution in [0, 0.1) is 0 Å². The zero-order valence-corrected chi connectivity index (χ0v) is 14.4. The Morgan fingerprint density at radius 1 is 1.29 bits per heavy atom. The Kier molecular flexibility index (Phi) is 7.75. The number of hydrogen-bond donors (Lipinski definition) is 2. The molecule has 1 saturated heterocycles. The SMILES string of the molecule is CCC[C@@H](NC(=O)Cc1ccccc1)C(=O)NCC[C@H]1CCCO1. The normalized spacial score (nSPS) is 18.1. The molecule has 0 radical (unpaired) electrons. The van der Waals surface area contributed by atoms with Crippen molar-refractivity contribution in [3.8, 4) is 0 Å². The van der Waals surface area contributed by atoms with Gasteiger partial charge in [0.05, 0.1) is 12.5 Å². The standard InChI is InChI=1S/C19H28N2O3/c1-2-7-17(19(23)20-12-11-16-10-6-13-24-16)21-18(22)14-15-8-4-3-5-9-15/h3-5,8-9,16-17H,2,6-7,10-14H2,1H3,(H,20,23)(H,21,22)/t16-,17-/m1/s1. The summed E-state index contributed by atoms with van der Waals surface area (Å²) in [7, 11) is 0. The monoisotopic (exact) mass is 332 g/mol. The van der Waals surface area contributed by atoms with E-state index < -0.39 is 6.04 Å². The van der Waals surface area contributed by atoms with Crippen LogP contribution < -0.4 is 10.6 Å². The van der Waals surface area contributed by atoms with Gasteiger partial charge in [0.2, 0.25) is 11.8 Å². The molecule has 0 aliphatic carbocycles. The number of ether oxygens (including phenoxy) is 1. The molecule has 2 N–H and O–H groups in total. The first-order valence-corrected chi connectivity index (χ1v) is 8.91. The molecule has 1 fully saturated rings. The minimum absolute atomic E-state index is 0.101. The third kappa shape index (κ3) is 6.32. The lowest BCUT2D eigenvalue weighted by atomic mass is 10.1. The summed E-state index contributed by atoms with van der Waals surface area (Å²) in [6.45, 7) is 3.43. The number of amides is 2. The van der Waals surface area contributed by atoms with Crippen molar-refractivity contribution < 1.29 is 14.3 Å². The highest BCUT2D eigenvalue weighted by Gasteiger charge is 2.21. The minimum Gasteiger partial charge on any atom is -0.378 e. The number of carbonyl (C=O) groups excluding carboxylic acids is 2. The van der Waals surface area contributed by atoms with E-state index in [0.29, 0.717) is 19.4 Å². The predicted molar refractivity (Wildman–Crippen MR) is 93.6 cm³/mol. The zero-order chi connectivity index (χ0) is 17.2. The van der Waals surface area contributed by atoms with Crippen molar-refractivity contribution in [1.82, 2.24) is 10.6 Å². The molecule has 5 nitrogen and oxygen atoms in total. The summed E-state index contributed by atoms with van der Waals surface area (Å²) in [5, 5.41) is 5.79. The summed E-state index contributed by atoms with van der Waals surface area (Å²) < 4.78 is 5.55. The second kappa shape index (κ2) is 10.1. The van der Waals surface area contributed by atoms with E-state index >= 15 is 0 Å². The summed E-state index contributed by atoms with van der Waals surface area (Å²) in [6, 6.07) is 9.10. The highest BCUT2D eigenvalue weighted by Crippen LogP contribution is 2.14. The first-order valence-electron chi connectivity index (χ1n) is 8.91. The Labute approximate surface area is 144 Å². The van der Waals surface area contributed by atoms with Crippen molar-refractivity contribution in [2.75, 3.05) is 13.2 Å². The molecule has 0 unspecified atom stereocenters. The fourth-order valence-electron chi connectivity index (χ4n) is 2.94. The van der Waals surface area contributed by atoms with Crippen LogP contribution in [-0.4, -0.2) is 37.1 Å². The van der Waals surface area contributed by atoms with E-state index in [1.54, 1.807) is 0 Å². The molecule has 5 heteroatoms. The summed E-state index contributed by atoms with van der Waals surface area (Å²) in [6.07, 6.45) is 5.06. The molecule has 1 heterocycles. The lowest BCUT2D eigenvalue weighted by Crippen LogP contribution is -2.47. The van der Waals surface area contributed by atoms with E-state index in [2.05, 4.69) is 10.6 Å². The van der Waals surface area contributed by atoms with Crippen LogP contribution in [0.15, 0.2) is 30.3 Å². The van der Waals surface area contributed by atoms with Gasteiger partial charge in [0.25, 0.3) is 0 Å². The first kappa shape index (κ1) is 18.5. The fourth-order valence-corrected chi connectivity index (χ4v) is 2.94. The van der Waals surface area contributed by atoms with Crippen LogP contribution in [0.4, 0.5) is 0 Å². The molecule has 0 aromatic heterocycles. The number of rotatable bonds is 9. The number of benzene rings is 1. The minimum atomic E-state index is -0.462. The molecule has 1 aromatic rings. The lowest BCUT2D eigenvalue weighted by molar-refractivity contribution is -0.128. The summed E-state index contributed by atoms with van der Waals surface area (Å²) in [4.78, 5) is 24.5. The van der Waals surface area contributed by atoms with Gasteiger partial charge in [-0.15, -0.1) is 0 Å². The molecule has 2 atom stereocenters. The molecule has 2 amide bonds. The van der Waals surface area contributed by atoms with Gasteiger partial charge in [-0.05, 0) is 31.2 Å². The van der Waals surface area contributed by atoms with Crippen molar-refractivity contribution >= 4 is 11.8 Å². The average Bonchev–Trinajstić information content (AvgIpc) is 3.08. The van der Waals surface area contributed by atoms with Gasteiger partial charge in [-0.2, -0.15) is 0 Å². The van der Waals surface area contributed by atoms with Crippen LogP contribution in [-0.2, 0) is 20.7 Å². The van der Waals surface area contributed by atoms with E-state index in [-0.39, 0.29) is 17.9 Å². The Hall–Kier alpha value is -1.88. The van der Waals surface area contributed by atoms with Crippen LogP contribution in [0.2, 0.25) is 0 Å². The van der Waals surface area contributed by atoms with Gasteiger partial charge in [-0.25, -0.2) is 0 Å². The Morgan fingerprint density at radius 2 is 2.08 bits per heavy atom. The molecule has 1 aliphatic heterocycles. The van der Waals surface area contributed by atoms with Gasteiger partial charge in [0, 0.05) is 13.2 Å². The molecule has 2 rings (SSSR count). The molecule has 0 bridgehead atoms. The van der Waals surface area contributed by atoms with Crippen molar-refractivity contribution in [3.63, 3.8) is 0 Å².